The molecule has 1 aliphatic heterocycles. The highest BCUT2D eigenvalue weighted by Crippen LogP contribution is 2.28. The molecule has 4 aromatic carbocycles. The van der Waals surface area contributed by atoms with Gasteiger partial charge < -0.3 is 10.4 Å². The van der Waals surface area contributed by atoms with Gasteiger partial charge in [-0.05, 0) is 62.9 Å². The van der Waals surface area contributed by atoms with E-state index in [9.17, 15) is 14.7 Å². The van der Waals surface area contributed by atoms with Gasteiger partial charge >= 0.3 is 5.97 Å². The fourth-order valence-electron chi connectivity index (χ4n) is 5.69. The number of para-hydroxylation sites is 1. The molecular weight excluding hydrogens is 558 g/mol. The number of carbonyl (C=O) groups excluding carboxylic acids is 1. The zero-order chi connectivity index (χ0) is 31.5. The molecule has 0 spiro atoms. The molecule has 0 aliphatic carbocycles. The average Bonchev–Trinajstić information content (AvgIpc) is 3.53. The van der Waals surface area contributed by atoms with Gasteiger partial charge in [0.05, 0.1) is 17.4 Å². The highest BCUT2D eigenvalue weighted by molar-refractivity contribution is 6.18. The van der Waals surface area contributed by atoms with Gasteiger partial charge in [0.2, 0.25) is 5.91 Å². The van der Waals surface area contributed by atoms with Crippen molar-refractivity contribution in [2.24, 2.45) is 4.99 Å². The third-order valence-electron chi connectivity index (χ3n) is 8.17. The zero-order valence-corrected chi connectivity index (χ0v) is 25.7. The Labute approximate surface area is 265 Å². The van der Waals surface area contributed by atoms with Crippen LogP contribution in [0.1, 0.15) is 61.3 Å². The van der Waals surface area contributed by atoms with Gasteiger partial charge in [-0.3, -0.25) is 14.7 Å². The van der Waals surface area contributed by atoms with Gasteiger partial charge in [-0.2, -0.15) is 0 Å². The van der Waals surface area contributed by atoms with E-state index >= 15 is 0 Å². The predicted octanol–water partition coefficient (Wildman–Crippen LogP) is 7.19. The molecule has 45 heavy (non-hydrogen) atoms. The lowest BCUT2D eigenvalue weighted by Crippen LogP contribution is -2.39. The SMILES string of the molecule is C[C@](CCCC#Cc1ccccc1)(N=C(c1ccccc1)c1ccccc1NC(=O)C1CCCN1Cc1ccccc1)C(=O)O. The topological polar surface area (TPSA) is 82.0 Å². The highest BCUT2D eigenvalue weighted by atomic mass is 16.4. The number of rotatable bonds is 11. The Hall–Kier alpha value is -4.99. The molecule has 6 heteroatoms. The molecule has 1 amide bonds. The largest absolute Gasteiger partial charge is 0.479 e. The first-order valence-corrected chi connectivity index (χ1v) is 15.5. The number of benzene rings is 4. The number of carboxylic acids is 1. The first-order chi connectivity index (χ1) is 21.9. The van der Waals surface area contributed by atoms with Crippen molar-refractivity contribution in [2.75, 3.05) is 11.9 Å². The summed E-state index contributed by atoms with van der Waals surface area (Å²) >= 11 is 0. The standard InChI is InChI=1S/C39H39N3O3/c1-39(38(44)45,27-15-5-10-19-30-17-6-2-7-18-30)41-36(32-22-11-4-12-23-32)33-24-13-14-25-34(33)40-37(43)35-26-16-28-42(35)29-31-20-8-3-9-21-31/h2-4,6-9,11-14,17-18,20-25,35H,5,15-16,26-29H2,1H3,(H,40,43)(H,44,45)/t35?,39-/m1/s1. The van der Waals surface area contributed by atoms with Gasteiger partial charge in [0, 0.05) is 29.7 Å². The van der Waals surface area contributed by atoms with Crippen LogP contribution < -0.4 is 5.32 Å². The van der Waals surface area contributed by atoms with E-state index in [1.807, 2.05) is 103 Å². The normalized spacial score (nSPS) is 16.3. The summed E-state index contributed by atoms with van der Waals surface area (Å²) in [5, 5.41) is 13.6. The van der Waals surface area contributed by atoms with Crippen LogP contribution in [-0.4, -0.2) is 45.7 Å². The molecule has 2 atom stereocenters. The number of aliphatic imine (C=N–C) groups is 1. The van der Waals surface area contributed by atoms with Gasteiger partial charge in [0.1, 0.15) is 0 Å². The number of hydrogen-bond donors (Lipinski definition) is 2. The molecule has 5 rings (SSSR count). The van der Waals surface area contributed by atoms with Crippen molar-refractivity contribution in [1.82, 2.24) is 4.90 Å². The number of amides is 1. The fraction of sp³-hybridized carbons (Fsp3) is 0.256. The Bertz CT molecular complexity index is 1680. The molecule has 228 valence electrons. The second-order valence-corrected chi connectivity index (χ2v) is 11.6. The van der Waals surface area contributed by atoms with Crippen LogP contribution in [-0.2, 0) is 16.1 Å². The van der Waals surface area contributed by atoms with Crippen molar-refractivity contribution >= 4 is 23.3 Å². The number of carboxylic acid groups (broad SMARTS) is 1. The molecule has 0 radical (unpaired) electrons. The van der Waals surface area contributed by atoms with Crippen LogP contribution >= 0.6 is 0 Å². The smallest absolute Gasteiger partial charge is 0.331 e. The Morgan fingerprint density at radius 2 is 1.56 bits per heavy atom. The number of hydrogen-bond acceptors (Lipinski definition) is 4. The zero-order valence-electron chi connectivity index (χ0n) is 25.7. The van der Waals surface area contributed by atoms with E-state index in [-0.39, 0.29) is 11.9 Å². The quantitative estimate of drug-likeness (QED) is 0.109. The van der Waals surface area contributed by atoms with E-state index in [1.54, 1.807) is 6.92 Å². The summed E-state index contributed by atoms with van der Waals surface area (Å²) in [7, 11) is 0. The summed E-state index contributed by atoms with van der Waals surface area (Å²) in [5.41, 5.74) is 3.31. The molecule has 1 saturated heterocycles. The van der Waals surface area contributed by atoms with E-state index in [1.165, 1.54) is 5.56 Å². The van der Waals surface area contributed by atoms with Crippen LogP contribution in [0.2, 0.25) is 0 Å². The molecule has 1 heterocycles. The molecular formula is C39H39N3O3. The average molecular weight is 598 g/mol. The third-order valence-corrected chi connectivity index (χ3v) is 8.17. The van der Waals surface area contributed by atoms with Crippen LogP contribution in [0.5, 0.6) is 0 Å². The van der Waals surface area contributed by atoms with Crippen LogP contribution in [0.3, 0.4) is 0 Å². The first-order valence-electron chi connectivity index (χ1n) is 15.5. The lowest BCUT2D eigenvalue weighted by atomic mass is 9.93. The second kappa shape index (κ2) is 15.1. The minimum atomic E-state index is -1.39. The van der Waals surface area contributed by atoms with E-state index < -0.39 is 11.5 Å². The van der Waals surface area contributed by atoms with Crippen molar-refractivity contribution in [3.63, 3.8) is 0 Å². The number of likely N-dealkylation sites (tertiary alicyclic amines) is 1. The van der Waals surface area contributed by atoms with E-state index in [4.69, 9.17) is 4.99 Å². The van der Waals surface area contributed by atoms with Gasteiger partial charge in [-0.15, -0.1) is 0 Å². The molecule has 1 unspecified atom stereocenters. The van der Waals surface area contributed by atoms with Gasteiger partial charge in [0.25, 0.3) is 0 Å². The number of nitrogens with one attached hydrogen (secondary N) is 1. The molecule has 4 aromatic rings. The van der Waals surface area contributed by atoms with Crippen LogP contribution in [0, 0.1) is 11.8 Å². The second-order valence-electron chi connectivity index (χ2n) is 11.6. The Balaban J connectivity index is 1.40. The lowest BCUT2D eigenvalue weighted by Gasteiger charge is -2.25. The molecule has 0 bridgehead atoms. The monoisotopic (exact) mass is 597 g/mol. The molecule has 0 aromatic heterocycles. The van der Waals surface area contributed by atoms with Crippen LogP contribution in [0.4, 0.5) is 5.69 Å². The van der Waals surface area contributed by atoms with Crippen molar-refractivity contribution < 1.29 is 14.7 Å². The number of nitrogens with zero attached hydrogens (tertiary/aromatic N) is 2. The minimum Gasteiger partial charge on any atom is -0.479 e. The summed E-state index contributed by atoms with van der Waals surface area (Å²) in [6, 6.07) is 36.8. The molecule has 1 aliphatic rings. The number of carbonyl (C=O) groups is 2. The Morgan fingerprint density at radius 3 is 2.27 bits per heavy atom. The third kappa shape index (κ3) is 8.35. The molecule has 1 fully saturated rings. The van der Waals surface area contributed by atoms with Gasteiger partial charge in [0.15, 0.2) is 5.54 Å². The van der Waals surface area contributed by atoms with Crippen molar-refractivity contribution in [1.29, 1.82) is 0 Å². The summed E-state index contributed by atoms with van der Waals surface area (Å²) in [4.78, 5) is 33.6. The maximum absolute atomic E-state index is 13.7. The Kier molecular flexibility index (Phi) is 10.6. The van der Waals surface area contributed by atoms with Crippen LogP contribution in [0.15, 0.2) is 120 Å². The fourth-order valence-corrected chi connectivity index (χ4v) is 5.69. The van der Waals surface area contributed by atoms with Crippen LogP contribution in [0.25, 0.3) is 0 Å². The molecule has 2 N–H and O–H groups in total. The summed E-state index contributed by atoms with van der Waals surface area (Å²) in [6.45, 7) is 3.23. The molecule has 0 saturated carbocycles. The van der Waals surface area contributed by atoms with Crippen molar-refractivity contribution in [3.05, 3.63) is 138 Å². The Morgan fingerprint density at radius 1 is 0.911 bits per heavy atom. The lowest BCUT2D eigenvalue weighted by molar-refractivity contribution is -0.142. The van der Waals surface area contributed by atoms with Gasteiger partial charge in [-0.25, -0.2) is 4.79 Å². The summed E-state index contributed by atoms with van der Waals surface area (Å²) in [6.07, 6.45) is 3.18. The minimum absolute atomic E-state index is 0.0683. The number of unbranched alkanes of at least 4 members (excludes halogenated alkanes) is 1. The van der Waals surface area contributed by atoms with E-state index in [0.29, 0.717) is 42.8 Å². The van der Waals surface area contributed by atoms with E-state index in [0.717, 1.165) is 30.5 Å². The number of aliphatic carboxylic acids is 1. The maximum atomic E-state index is 13.7. The molecule has 6 nitrogen and oxygen atoms in total. The van der Waals surface area contributed by atoms with Gasteiger partial charge in [-0.1, -0.05) is 109 Å². The van der Waals surface area contributed by atoms with Crippen molar-refractivity contribution in [2.45, 2.75) is 57.2 Å². The predicted molar refractivity (Wildman–Crippen MR) is 180 cm³/mol. The highest BCUT2D eigenvalue weighted by Gasteiger charge is 2.34. The number of anilines is 1. The van der Waals surface area contributed by atoms with E-state index in [2.05, 4.69) is 34.2 Å². The van der Waals surface area contributed by atoms with Crippen molar-refractivity contribution in [3.8, 4) is 11.8 Å². The first kappa shape index (κ1) is 31.4. The summed E-state index contributed by atoms with van der Waals surface area (Å²) < 4.78 is 0. The maximum Gasteiger partial charge on any atom is 0.331 e. The summed E-state index contributed by atoms with van der Waals surface area (Å²) in [5.74, 6) is 5.23.